The van der Waals surface area contributed by atoms with Crippen molar-refractivity contribution in [3.05, 3.63) is 98.8 Å². The highest BCUT2D eigenvalue weighted by Gasteiger charge is 2.08. The molecule has 0 saturated heterocycles. The number of carbonyl (C=O) groups is 1. The van der Waals surface area contributed by atoms with E-state index in [0.717, 1.165) is 15.7 Å². The fraction of sp³-hybridized carbons (Fsp3) is 0.150. The molecule has 1 aromatic heterocycles. The van der Waals surface area contributed by atoms with Gasteiger partial charge >= 0.3 is 5.69 Å². The van der Waals surface area contributed by atoms with Crippen LogP contribution in [0.2, 0.25) is 0 Å². The Morgan fingerprint density at radius 2 is 1.74 bits per heavy atom. The van der Waals surface area contributed by atoms with Crippen LogP contribution in [0.3, 0.4) is 0 Å². The molecule has 0 aliphatic rings. The van der Waals surface area contributed by atoms with Gasteiger partial charge in [0.15, 0.2) is 0 Å². The van der Waals surface area contributed by atoms with Crippen LogP contribution in [-0.2, 0) is 24.5 Å². The Balaban J connectivity index is 1.59. The number of H-pyrrole nitrogens is 1. The lowest BCUT2D eigenvalue weighted by Crippen LogP contribution is -2.35. The van der Waals surface area contributed by atoms with Crippen LogP contribution in [0, 0.1) is 0 Å². The van der Waals surface area contributed by atoms with Crippen molar-refractivity contribution in [1.82, 2.24) is 14.9 Å². The van der Waals surface area contributed by atoms with E-state index >= 15 is 0 Å². The van der Waals surface area contributed by atoms with Gasteiger partial charge in [0.25, 0.3) is 5.56 Å². The van der Waals surface area contributed by atoms with Gasteiger partial charge in [0.1, 0.15) is 18.9 Å². The fourth-order valence-electron chi connectivity index (χ4n) is 2.50. The van der Waals surface area contributed by atoms with Crippen molar-refractivity contribution >= 4 is 5.91 Å². The number of hydrogen-bond donors (Lipinski definition) is 2. The smallest absolute Gasteiger partial charge is 0.328 e. The monoisotopic (exact) mass is 365 g/mol. The van der Waals surface area contributed by atoms with E-state index in [2.05, 4.69) is 10.3 Å². The molecular formula is C20H19N3O4. The van der Waals surface area contributed by atoms with Crippen LogP contribution in [0.25, 0.3) is 0 Å². The Morgan fingerprint density at radius 1 is 1.00 bits per heavy atom. The molecule has 27 heavy (non-hydrogen) atoms. The van der Waals surface area contributed by atoms with Crippen molar-refractivity contribution in [2.24, 2.45) is 0 Å². The molecule has 0 radical (unpaired) electrons. The molecule has 7 heteroatoms. The molecule has 0 atom stereocenters. The van der Waals surface area contributed by atoms with Crippen molar-refractivity contribution < 1.29 is 9.53 Å². The number of benzene rings is 2. The molecule has 0 saturated carbocycles. The third-order valence-corrected chi connectivity index (χ3v) is 3.90. The lowest BCUT2D eigenvalue weighted by Gasteiger charge is -2.12. The summed E-state index contributed by atoms with van der Waals surface area (Å²) in [5.74, 6) is 0.338. The number of amides is 1. The van der Waals surface area contributed by atoms with Crippen LogP contribution in [-0.4, -0.2) is 15.5 Å². The lowest BCUT2D eigenvalue weighted by molar-refractivity contribution is -0.121. The van der Waals surface area contributed by atoms with E-state index in [4.69, 9.17) is 4.74 Å². The number of nitrogens with zero attached hydrogens (tertiary/aromatic N) is 1. The lowest BCUT2D eigenvalue weighted by atomic mass is 10.2. The topological polar surface area (TPSA) is 93.2 Å². The minimum absolute atomic E-state index is 0.178. The molecule has 3 rings (SSSR count). The van der Waals surface area contributed by atoms with Crippen LogP contribution >= 0.6 is 0 Å². The molecule has 1 amide bonds. The predicted octanol–water partition coefficient (Wildman–Crippen LogP) is 1.43. The van der Waals surface area contributed by atoms with Crippen molar-refractivity contribution in [2.45, 2.75) is 19.7 Å². The van der Waals surface area contributed by atoms with E-state index in [9.17, 15) is 14.4 Å². The number of aromatic amines is 1. The zero-order valence-electron chi connectivity index (χ0n) is 14.6. The van der Waals surface area contributed by atoms with Crippen molar-refractivity contribution in [2.75, 3.05) is 0 Å². The molecule has 138 valence electrons. The number of aromatic nitrogens is 2. The van der Waals surface area contributed by atoms with Gasteiger partial charge in [-0.25, -0.2) is 4.79 Å². The number of para-hydroxylation sites is 1. The first-order valence-electron chi connectivity index (χ1n) is 8.43. The van der Waals surface area contributed by atoms with Crippen LogP contribution in [0.5, 0.6) is 5.75 Å². The Bertz CT molecular complexity index is 1020. The van der Waals surface area contributed by atoms with E-state index in [1.807, 2.05) is 54.6 Å². The highest BCUT2D eigenvalue weighted by Crippen LogP contribution is 2.19. The van der Waals surface area contributed by atoms with Crippen molar-refractivity contribution in [1.29, 1.82) is 0 Å². The van der Waals surface area contributed by atoms with E-state index in [0.29, 0.717) is 12.4 Å². The van der Waals surface area contributed by atoms with Gasteiger partial charge in [0, 0.05) is 24.4 Å². The molecule has 0 unspecified atom stereocenters. The summed E-state index contributed by atoms with van der Waals surface area (Å²) < 4.78 is 6.99. The van der Waals surface area contributed by atoms with E-state index in [-0.39, 0.29) is 19.0 Å². The summed E-state index contributed by atoms with van der Waals surface area (Å²) in [5, 5.41) is 2.76. The summed E-state index contributed by atoms with van der Waals surface area (Å²) in [6.45, 7) is 0.517. The largest absolute Gasteiger partial charge is 0.489 e. The Morgan fingerprint density at radius 3 is 2.52 bits per heavy atom. The summed E-state index contributed by atoms with van der Waals surface area (Å²) in [7, 11) is 0. The van der Waals surface area contributed by atoms with E-state index < -0.39 is 11.2 Å². The number of nitrogens with one attached hydrogen (secondary N) is 2. The second kappa shape index (κ2) is 8.66. The van der Waals surface area contributed by atoms with Crippen LogP contribution < -0.4 is 21.3 Å². The van der Waals surface area contributed by atoms with Gasteiger partial charge < -0.3 is 10.1 Å². The highest BCUT2D eigenvalue weighted by atomic mass is 16.5. The number of rotatable bonds is 7. The van der Waals surface area contributed by atoms with Crippen molar-refractivity contribution in [3.8, 4) is 5.75 Å². The van der Waals surface area contributed by atoms with Crippen molar-refractivity contribution in [3.63, 3.8) is 0 Å². The summed E-state index contributed by atoms with van der Waals surface area (Å²) in [6.07, 6.45) is 1.29. The molecule has 0 aliphatic heterocycles. The summed E-state index contributed by atoms with van der Waals surface area (Å²) in [6, 6.07) is 18.4. The number of hydrogen-bond acceptors (Lipinski definition) is 4. The quantitative estimate of drug-likeness (QED) is 0.662. The standard InChI is InChI=1S/C20H19N3O4/c24-18-10-11-23(20(26)22-18)13-19(25)21-12-16-8-4-5-9-17(16)27-14-15-6-2-1-3-7-15/h1-11H,12-14H2,(H,21,25)(H,22,24,26). The second-order valence-corrected chi connectivity index (χ2v) is 5.90. The summed E-state index contributed by atoms with van der Waals surface area (Å²) >= 11 is 0. The molecule has 3 aromatic rings. The van der Waals surface area contributed by atoms with Gasteiger partial charge in [-0.3, -0.25) is 19.1 Å². The first kappa shape index (κ1) is 18.2. The molecule has 1 heterocycles. The van der Waals surface area contributed by atoms with Gasteiger partial charge in [-0.2, -0.15) is 0 Å². The normalized spacial score (nSPS) is 10.4. The highest BCUT2D eigenvalue weighted by molar-refractivity contribution is 5.75. The first-order chi connectivity index (χ1) is 13.1. The van der Waals surface area contributed by atoms with Crippen LogP contribution in [0.15, 0.2) is 76.4 Å². The van der Waals surface area contributed by atoms with Gasteiger partial charge in [0.2, 0.25) is 5.91 Å². The predicted molar refractivity (Wildman–Crippen MR) is 100 cm³/mol. The Labute approximate surface area is 155 Å². The molecular weight excluding hydrogens is 346 g/mol. The van der Waals surface area contributed by atoms with Gasteiger partial charge in [-0.1, -0.05) is 48.5 Å². The average Bonchev–Trinajstić information content (AvgIpc) is 2.68. The van der Waals surface area contributed by atoms with Gasteiger partial charge in [0.05, 0.1) is 0 Å². The van der Waals surface area contributed by atoms with Crippen LogP contribution in [0.1, 0.15) is 11.1 Å². The van der Waals surface area contributed by atoms with E-state index in [1.165, 1.54) is 12.3 Å². The first-order valence-corrected chi connectivity index (χ1v) is 8.43. The molecule has 0 bridgehead atoms. The van der Waals surface area contributed by atoms with Crippen LogP contribution in [0.4, 0.5) is 0 Å². The molecule has 0 spiro atoms. The molecule has 7 nitrogen and oxygen atoms in total. The zero-order chi connectivity index (χ0) is 19.1. The minimum atomic E-state index is -0.621. The molecule has 2 N–H and O–H groups in total. The molecule has 0 aliphatic carbocycles. The molecule has 0 fully saturated rings. The average molecular weight is 365 g/mol. The fourth-order valence-corrected chi connectivity index (χ4v) is 2.50. The van der Waals surface area contributed by atoms with Gasteiger partial charge in [-0.15, -0.1) is 0 Å². The maximum atomic E-state index is 12.1. The molecule has 2 aromatic carbocycles. The minimum Gasteiger partial charge on any atom is -0.489 e. The maximum absolute atomic E-state index is 12.1. The number of carbonyl (C=O) groups excluding carboxylic acids is 1. The number of ether oxygens (including phenoxy) is 1. The third-order valence-electron chi connectivity index (χ3n) is 3.90. The Kier molecular flexibility index (Phi) is 5.84. The second-order valence-electron chi connectivity index (χ2n) is 5.90. The third kappa shape index (κ3) is 5.18. The SMILES string of the molecule is O=C(Cn1ccc(=O)[nH]c1=O)NCc1ccccc1OCc1ccccc1. The summed E-state index contributed by atoms with van der Waals surface area (Å²) in [4.78, 5) is 36.9. The summed E-state index contributed by atoms with van der Waals surface area (Å²) in [5.41, 5.74) is 0.759. The zero-order valence-corrected chi connectivity index (χ0v) is 14.6. The maximum Gasteiger partial charge on any atom is 0.328 e. The van der Waals surface area contributed by atoms with Gasteiger partial charge in [-0.05, 0) is 11.6 Å². The van der Waals surface area contributed by atoms with E-state index in [1.54, 1.807) is 0 Å². The Hall–Kier alpha value is -3.61.